The number of aromatic nitrogens is 1. The van der Waals surface area contributed by atoms with Crippen LogP contribution in [0.2, 0.25) is 0 Å². The number of aliphatic hydroxyl groups excluding tert-OH is 1. The second-order valence-corrected chi connectivity index (χ2v) is 3.42. The Kier molecular flexibility index (Phi) is 8.77. The Labute approximate surface area is 98.9 Å². The first-order valence-electron chi connectivity index (χ1n) is 6.04. The van der Waals surface area contributed by atoms with Crippen LogP contribution in [0.25, 0.3) is 0 Å². The quantitative estimate of drug-likeness (QED) is 0.807. The van der Waals surface area contributed by atoms with Crippen molar-refractivity contribution >= 4 is 0 Å². The minimum absolute atomic E-state index is 0.0173. The van der Waals surface area contributed by atoms with E-state index < -0.39 is 0 Å². The molecular formula is C13H24N2O. The summed E-state index contributed by atoms with van der Waals surface area (Å²) in [4.78, 5) is 4.07. The van der Waals surface area contributed by atoms with Crippen molar-refractivity contribution in [3.8, 4) is 0 Å². The number of pyridine rings is 1. The van der Waals surface area contributed by atoms with Crippen LogP contribution in [-0.2, 0) is 0 Å². The molecule has 0 radical (unpaired) electrons. The minimum Gasteiger partial charge on any atom is -0.394 e. The van der Waals surface area contributed by atoms with Crippen LogP contribution in [0.5, 0.6) is 0 Å². The van der Waals surface area contributed by atoms with E-state index in [-0.39, 0.29) is 12.6 Å². The Hall–Kier alpha value is -0.930. The lowest BCUT2D eigenvalue weighted by atomic mass is 10.0. The molecule has 1 aromatic rings. The van der Waals surface area contributed by atoms with E-state index in [1.54, 1.807) is 6.20 Å². The number of hydrogen-bond acceptors (Lipinski definition) is 3. The molecule has 1 atom stereocenters. The lowest BCUT2D eigenvalue weighted by Gasteiger charge is -2.17. The Morgan fingerprint density at radius 3 is 2.62 bits per heavy atom. The summed E-state index contributed by atoms with van der Waals surface area (Å²) in [6, 6.07) is 1.98. The summed E-state index contributed by atoms with van der Waals surface area (Å²) < 4.78 is 0. The van der Waals surface area contributed by atoms with Crippen LogP contribution in [0.4, 0.5) is 0 Å². The first kappa shape index (κ1) is 15.1. The number of rotatable bonds is 5. The van der Waals surface area contributed by atoms with Crippen LogP contribution in [-0.4, -0.2) is 23.2 Å². The van der Waals surface area contributed by atoms with Crippen molar-refractivity contribution in [2.75, 3.05) is 13.2 Å². The Balaban J connectivity index is 0.00000106. The van der Waals surface area contributed by atoms with Gasteiger partial charge >= 0.3 is 0 Å². The molecule has 2 N–H and O–H groups in total. The highest BCUT2D eigenvalue weighted by Crippen LogP contribution is 2.15. The third-order valence-corrected chi connectivity index (χ3v) is 2.28. The maximum atomic E-state index is 9.24. The first-order chi connectivity index (χ1) is 7.79. The van der Waals surface area contributed by atoms with Crippen molar-refractivity contribution in [2.45, 2.75) is 40.2 Å². The van der Waals surface area contributed by atoms with Gasteiger partial charge in [0.1, 0.15) is 0 Å². The molecule has 0 amide bonds. The third kappa shape index (κ3) is 4.73. The van der Waals surface area contributed by atoms with Crippen molar-refractivity contribution in [3.05, 3.63) is 29.6 Å². The fourth-order valence-electron chi connectivity index (χ4n) is 1.43. The van der Waals surface area contributed by atoms with Gasteiger partial charge in [0.05, 0.1) is 12.6 Å². The summed E-state index contributed by atoms with van der Waals surface area (Å²) >= 11 is 0. The lowest BCUT2D eigenvalue weighted by molar-refractivity contribution is 0.244. The van der Waals surface area contributed by atoms with Crippen LogP contribution in [0.15, 0.2) is 18.5 Å². The van der Waals surface area contributed by atoms with Gasteiger partial charge < -0.3 is 10.4 Å². The third-order valence-electron chi connectivity index (χ3n) is 2.28. The summed E-state index contributed by atoms with van der Waals surface area (Å²) in [5.74, 6) is 0. The molecule has 0 aliphatic heterocycles. The fourth-order valence-corrected chi connectivity index (χ4v) is 1.43. The topological polar surface area (TPSA) is 45.1 Å². The van der Waals surface area contributed by atoms with E-state index in [1.165, 1.54) is 5.56 Å². The Morgan fingerprint density at radius 1 is 1.44 bits per heavy atom. The van der Waals surface area contributed by atoms with E-state index >= 15 is 0 Å². The number of nitrogens with one attached hydrogen (secondary N) is 1. The monoisotopic (exact) mass is 224 g/mol. The van der Waals surface area contributed by atoms with Gasteiger partial charge in [-0.25, -0.2) is 0 Å². The van der Waals surface area contributed by atoms with Crippen molar-refractivity contribution in [3.63, 3.8) is 0 Å². The van der Waals surface area contributed by atoms with E-state index in [4.69, 9.17) is 0 Å². The van der Waals surface area contributed by atoms with Crippen LogP contribution >= 0.6 is 0 Å². The van der Waals surface area contributed by atoms with Crippen molar-refractivity contribution in [1.29, 1.82) is 0 Å². The molecule has 1 unspecified atom stereocenters. The molecule has 1 heterocycles. The molecule has 3 nitrogen and oxygen atoms in total. The van der Waals surface area contributed by atoms with Gasteiger partial charge in [-0.2, -0.15) is 0 Å². The van der Waals surface area contributed by atoms with Gasteiger partial charge in [-0.1, -0.05) is 20.8 Å². The average Bonchev–Trinajstić information content (AvgIpc) is 2.35. The molecule has 0 aliphatic carbocycles. The summed E-state index contributed by atoms with van der Waals surface area (Å²) in [6.45, 7) is 9.18. The zero-order valence-corrected chi connectivity index (χ0v) is 10.8. The fraction of sp³-hybridized carbons (Fsp3) is 0.615. The predicted octanol–water partition coefficient (Wildman–Crippen LogP) is 2.45. The van der Waals surface area contributed by atoms with Gasteiger partial charge in [-0.05, 0) is 37.1 Å². The van der Waals surface area contributed by atoms with Gasteiger partial charge in [0, 0.05) is 12.4 Å². The zero-order chi connectivity index (χ0) is 12.4. The number of hydrogen-bond donors (Lipinski definition) is 2. The van der Waals surface area contributed by atoms with Gasteiger partial charge in [0.25, 0.3) is 0 Å². The summed E-state index contributed by atoms with van der Waals surface area (Å²) in [5, 5.41) is 12.5. The zero-order valence-electron chi connectivity index (χ0n) is 10.8. The molecule has 0 fully saturated rings. The molecule has 0 saturated carbocycles. The highest BCUT2D eigenvalue weighted by Gasteiger charge is 2.11. The molecule has 0 aliphatic rings. The summed E-state index contributed by atoms with van der Waals surface area (Å²) in [6.07, 6.45) is 4.65. The first-order valence-corrected chi connectivity index (χ1v) is 6.04. The molecule has 0 saturated heterocycles. The van der Waals surface area contributed by atoms with Crippen molar-refractivity contribution < 1.29 is 5.11 Å². The van der Waals surface area contributed by atoms with Crippen LogP contribution < -0.4 is 5.32 Å². The smallest absolute Gasteiger partial charge is 0.0627 e. The molecular weight excluding hydrogens is 200 g/mol. The van der Waals surface area contributed by atoms with Gasteiger partial charge in [-0.15, -0.1) is 0 Å². The minimum atomic E-state index is 0.0173. The molecule has 0 aromatic carbocycles. The highest BCUT2D eigenvalue weighted by molar-refractivity contribution is 5.25. The number of aryl methyl sites for hydroxylation is 1. The highest BCUT2D eigenvalue weighted by atomic mass is 16.3. The summed E-state index contributed by atoms with van der Waals surface area (Å²) in [5.41, 5.74) is 2.26. The normalized spacial score (nSPS) is 11.6. The largest absolute Gasteiger partial charge is 0.394 e. The Bertz CT molecular complexity index is 276. The molecule has 3 heteroatoms. The average molecular weight is 224 g/mol. The molecule has 0 spiro atoms. The molecule has 1 rings (SSSR count). The van der Waals surface area contributed by atoms with Crippen LogP contribution in [0, 0.1) is 6.92 Å². The van der Waals surface area contributed by atoms with Crippen LogP contribution in [0.1, 0.15) is 44.4 Å². The van der Waals surface area contributed by atoms with E-state index in [2.05, 4.69) is 17.2 Å². The number of aliphatic hydroxyl groups is 1. The van der Waals surface area contributed by atoms with Gasteiger partial charge in [-0.3, -0.25) is 4.98 Å². The maximum absolute atomic E-state index is 9.24. The number of nitrogens with zero attached hydrogens (tertiary/aromatic N) is 1. The maximum Gasteiger partial charge on any atom is 0.0627 e. The lowest BCUT2D eigenvalue weighted by Crippen LogP contribution is -2.25. The van der Waals surface area contributed by atoms with Crippen molar-refractivity contribution in [2.24, 2.45) is 0 Å². The van der Waals surface area contributed by atoms with E-state index in [0.29, 0.717) is 0 Å². The standard InChI is InChI=1S/C11H18N2O.C2H6/c1-3-5-13-11(8-14)10-7-12-6-4-9(10)2;1-2/h4,6-7,11,13-14H,3,5,8H2,1-2H3;1-2H3. The van der Waals surface area contributed by atoms with E-state index in [0.717, 1.165) is 18.5 Å². The van der Waals surface area contributed by atoms with Crippen molar-refractivity contribution in [1.82, 2.24) is 10.3 Å². The Morgan fingerprint density at radius 2 is 2.12 bits per heavy atom. The molecule has 1 aromatic heterocycles. The second-order valence-electron chi connectivity index (χ2n) is 3.42. The predicted molar refractivity (Wildman–Crippen MR) is 68.4 cm³/mol. The SMILES string of the molecule is CC.CCCNC(CO)c1cnccc1C. The second kappa shape index (κ2) is 9.31. The van der Waals surface area contributed by atoms with Gasteiger partial charge in [0.15, 0.2) is 0 Å². The van der Waals surface area contributed by atoms with E-state index in [1.807, 2.05) is 33.0 Å². The molecule has 92 valence electrons. The van der Waals surface area contributed by atoms with E-state index in [9.17, 15) is 5.11 Å². The van der Waals surface area contributed by atoms with Crippen LogP contribution in [0.3, 0.4) is 0 Å². The molecule has 0 bridgehead atoms. The molecule has 16 heavy (non-hydrogen) atoms. The van der Waals surface area contributed by atoms with Gasteiger partial charge in [0.2, 0.25) is 0 Å². The summed E-state index contributed by atoms with van der Waals surface area (Å²) in [7, 11) is 0.